The number of nitrogens with one attached hydrogen (secondary N) is 1. The van der Waals surface area contributed by atoms with Gasteiger partial charge in [-0.15, -0.1) is 0 Å². The zero-order valence-corrected chi connectivity index (χ0v) is 11.1. The first-order valence-electron chi connectivity index (χ1n) is 6.42. The number of pyridine rings is 1. The van der Waals surface area contributed by atoms with Crippen molar-refractivity contribution in [3.05, 3.63) is 23.9 Å². The lowest BCUT2D eigenvalue weighted by atomic mass is 10.2. The summed E-state index contributed by atoms with van der Waals surface area (Å²) in [6.07, 6.45) is 4.16. The van der Waals surface area contributed by atoms with Crippen molar-refractivity contribution in [1.82, 2.24) is 10.3 Å². The summed E-state index contributed by atoms with van der Waals surface area (Å²) in [5, 5.41) is 3.08. The lowest BCUT2D eigenvalue weighted by molar-refractivity contribution is 0.114. The Kier molecular flexibility index (Phi) is 4.97. The second kappa shape index (κ2) is 6.94. The number of methoxy groups -OCH3 is 1. The van der Waals surface area contributed by atoms with E-state index in [9.17, 15) is 0 Å². The Morgan fingerprint density at radius 2 is 2.58 bits per heavy atom. The topological polar surface area (TPSA) is 81.8 Å². The molecule has 3 N–H and O–H groups in total. The Morgan fingerprint density at radius 1 is 1.68 bits per heavy atom. The van der Waals surface area contributed by atoms with Gasteiger partial charge in [0.2, 0.25) is 5.88 Å². The minimum absolute atomic E-state index is 0.259. The van der Waals surface area contributed by atoms with Crippen molar-refractivity contribution in [1.29, 1.82) is 0 Å². The van der Waals surface area contributed by atoms with E-state index >= 15 is 0 Å². The van der Waals surface area contributed by atoms with Crippen LogP contribution in [0.4, 0.5) is 0 Å². The SMILES string of the molecule is COc1cc(CN=C(N)NCC2CCCO2)ccn1. The molecular formula is C13H20N4O2. The van der Waals surface area contributed by atoms with Crippen LogP contribution in [-0.2, 0) is 11.3 Å². The van der Waals surface area contributed by atoms with Crippen LogP contribution in [0, 0.1) is 0 Å². The first kappa shape index (κ1) is 13.6. The second-order valence-corrected chi connectivity index (χ2v) is 4.42. The molecule has 0 spiro atoms. The average Bonchev–Trinajstić information content (AvgIpc) is 2.96. The van der Waals surface area contributed by atoms with Crippen molar-refractivity contribution in [2.45, 2.75) is 25.5 Å². The molecule has 1 saturated heterocycles. The average molecular weight is 264 g/mol. The van der Waals surface area contributed by atoms with Gasteiger partial charge >= 0.3 is 0 Å². The summed E-state index contributed by atoms with van der Waals surface area (Å²) in [6, 6.07) is 3.73. The first-order valence-corrected chi connectivity index (χ1v) is 6.42. The third-order valence-corrected chi connectivity index (χ3v) is 2.98. The Balaban J connectivity index is 1.79. The van der Waals surface area contributed by atoms with E-state index in [0.29, 0.717) is 18.4 Å². The van der Waals surface area contributed by atoms with Gasteiger partial charge in [-0.1, -0.05) is 0 Å². The number of rotatable bonds is 5. The van der Waals surface area contributed by atoms with Gasteiger partial charge in [0, 0.05) is 25.4 Å². The summed E-state index contributed by atoms with van der Waals surface area (Å²) in [6.45, 7) is 2.07. The molecule has 1 atom stereocenters. The van der Waals surface area contributed by atoms with Gasteiger partial charge in [0.25, 0.3) is 0 Å². The van der Waals surface area contributed by atoms with Crippen LogP contribution in [0.3, 0.4) is 0 Å². The number of ether oxygens (including phenoxy) is 2. The molecule has 1 unspecified atom stereocenters. The Bertz CT molecular complexity index is 430. The summed E-state index contributed by atoms with van der Waals surface area (Å²) in [4.78, 5) is 8.31. The minimum atomic E-state index is 0.259. The summed E-state index contributed by atoms with van der Waals surface area (Å²) in [7, 11) is 1.59. The van der Waals surface area contributed by atoms with Gasteiger partial charge in [-0.2, -0.15) is 0 Å². The number of hydrogen-bond donors (Lipinski definition) is 2. The molecule has 2 rings (SSSR count). The molecule has 0 aliphatic carbocycles. The van der Waals surface area contributed by atoms with E-state index < -0.39 is 0 Å². The third-order valence-electron chi connectivity index (χ3n) is 2.98. The van der Waals surface area contributed by atoms with Crippen molar-refractivity contribution in [3.8, 4) is 5.88 Å². The number of guanidine groups is 1. The maximum Gasteiger partial charge on any atom is 0.213 e. The van der Waals surface area contributed by atoms with Gasteiger partial charge in [0.1, 0.15) is 0 Å². The zero-order chi connectivity index (χ0) is 13.5. The quantitative estimate of drug-likeness (QED) is 0.603. The highest BCUT2D eigenvalue weighted by atomic mass is 16.5. The fourth-order valence-corrected chi connectivity index (χ4v) is 1.92. The smallest absolute Gasteiger partial charge is 0.213 e. The lowest BCUT2D eigenvalue weighted by Gasteiger charge is -2.11. The molecule has 19 heavy (non-hydrogen) atoms. The van der Waals surface area contributed by atoms with E-state index in [0.717, 1.165) is 31.6 Å². The zero-order valence-electron chi connectivity index (χ0n) is 11.1. The van der Waals surface area contributed by atoms with Crippen molar-refractivity contribution >= 4 is 5.96 Å². The van der Waals surface area contributed by atoms with Crippen LogP contribution >= 0.6 is 0 Å². The van der Waals surface area contributed by atoms with E-state index in [-0.39, 0.29) is 6.10 Å². The molecule has 0 bridgehead atoms. The van der Waals surface area contributed by atoms with Crippen LogP contribution < -0.4 is 15.8 Å². The monoisotopic (exact) mass is 264 g/mol. The van der Waals surface area contributed by atoms with Crippen LogP contribution in [-0.4, -0.2) is 37.3 Å². The first-order chi connectivity index (χ1) is 9.28. The number of nitrogens with two attached hydrogens (primary N) is 1. The third kappa shape index (κ3) is 4.40. The van der Waals surface area contributed by atoms with Gasteiger partial charge in [-0.3, -0.25) is 0 Å². The van der Waals surface area contributed by atoms with Crippen LogP contribution in [0.2, 0.25) is 0 Å². The molecule has 1 fully saturated rings. The van der Waals surface area contributed by atoms with Crippen molar-refractivity contribution in [3.63, 3.8) is 0 Å². The number of aromatic nitrogens is 1. The van der Waals surface area contributed by atoms with Gasteiger partial charge in [0.05, 0.1) is 19.8 Å². The molecule has 6 nitrogen and oxygen atoms in total. The number of nitrogens with zero attached hydrogens (tertiary/aromatic N) is 2. The van der Waals surface area contributed by atoms with E-state index in [2.05, 4.69) is 15.3 Å². The van der Waals surface area contributed by atoms with Crippen LogP contribution in [0.1, 0.15) is 18.4 Å². The Labute approximate surface area is 113 Å². The van der Waals surface area contributed by atoms with E-state index in [1.54, 1.807) is 13.3 Å². The van der Waals surface area contributed by atoms with E-state index in [4.69, 9.17) is 15.2 Å². The number of aliphatic imine (C=N–C) groups is 1. The van der Waals surface area contributed by atoms with Gasteiger partial charge < -0.3 is 20.5 Å². The fourth-order valence-electron chi connectivity index (χ4n) is 1.92. The van der Waals surface area contributed by atoms with Gasteiger partial charge in [0.15, 0.2) is 5.96 Å². The number of hydrogen-bond acceptors (Lipinski definition) is 4. The molecule has 0 saturated carbocycles. The maximum absolute atomic E-state index is 5.81. The Morgan fingerprint density at radius 3 is 3.32 bits per heavy atom. The van der Waals surface area contributed by atoms with Gasteiger partial charge in [-0.25, -0.2) is 9.98 Å². The van der Waals surface area contributed by atoms with E-state index in [1.165, 1.54) is 0 Å². The predicted molar refractivity (Wildman–Crippen MR) is 73.1 cm³/mol. The minimum Gasteiger partial charge on any atom is -0.481 e. The largest absolute Gasteiger partial charge is 0.481 e. The molecule has 1 aromatic rings. The second-order valence-electron chi connectivity index (χ2n) is 4.42. The molecule has 1 aliphatic rings. The normalized spacial score (nSPS) is 19.4. The highest BCUT2D eigenvalue weighted by molar-refractivity contribution is 5.77. The predicted octanol–water partition coefficient (Wildman–Crippen LogP) is 0.673. The van der Waals surface area contributed by atoms with Crippen molar-refractivity contribution < 1.29 is 9.47 Å². The van der Waals surface area contributed by atoms with Crippen LogP contribution in [0.15, 0.2) is 23.3 Å². The van der Waals surface area contributed by atoms with Crippen molar-refractivity contribution in [2.75, 3.05) is 20.3 Å². The van der Waals surface area contributed by atoms with Crippen molar-refractivity contribution in [2.24, 2.45) is 10.7 Å². The highest BCUT2D eigenvalue weighted by Gasteiger charge is 2.14. The molecule has 1 aliphatic heterocycles. The molecule has 104 valence electrons. The summed E-state index contributed by atoms with van der Waals surface area (Å²) >= 11 is 0. The molecule has 6 heteroatoms. The molecule has 2 heterocycles. The molecule has 0 radical (unpaired) electrons. The fraction of sp³-hybridized carbons (Fsp3) is 0.538. The molecular weight excluding hydrogens is 244 g/mol. The van der Waals surface area contributed by atoms with Gasteiger partial charge in [-0.05, 0) is 24.5 Å². The molecule has 0 amide bonds. The van der Waals surface area contributed by atoms with Crippen LogP contribution in [0.5, 0.6) is 5.88 Å². The van der Waals surface area contributed by atoms with Crippen LogP contribution in [0.25, 0.3) is 0 Å². The summed E-state index contributed by atoms with van der Waals surface area (Å²) in [5.41, 5.74) is 6.81. The van der Waals surface area contributed by atoms with E-state index in [1.807, 2.05) is 12.1 Å². The lowest BCUT2D eigenvalue weighted by Crippen LogP contribution is -2.37. The standard InChI is InChI=1S/C13H20N4O2/c1-18-12-7-10(4-5-15-12)8-16-13(14)17-9-11-3-2-6-19-11/h4-5,7,11H,2-3,6,8-9H2,1H3,(H3,14,16,17). The summed E-state index contributed by atoms with van der Waals surface area (Å²) in [5.74, 6) is 1.02. The Hall–Kier alpha value is -1.82. The molecule has 1 aromatic heterocycles. The summed E-state index contributed by atoms with van der Waals surface area (Å²) < 4.78 is 10.6. The highest BCUT2D eigenvalue weighted by Crippen LogP contribution is 2.11. The maximum atomic E-state index is 5.81. The molecule has 0 aromatic carbocycles.